The Kier molecular flexibility index (Phi) is 5.04. The van der Waals surface area contributed by atoms with Crippen LogP contribution in [0.2, 0.25) is 0 Å². The summed E-state index contributed by atoms with van der Waals surface area (Å²) in [6, 6.07) is 22.2. The number of aromatic nitrogens is 2. The molecule has 3 aromatic carbocycles. The van der Waals surface area contributed by atoms with Crippen LogP contribution in [0.1, 0.15) is 33.8 Å². The van der Waals surface area contributed by atoms with Crippen molar-refractivity contribution < 1.29 is 8.42 Å². The van der Waals surface area contributed by atoms with E-state index in [9.17, 15) is 8.42 Å². The van der Waals surface area contributed by atoms with Gasteiger partial charge in [0.1, 0.15) is 0 Å². The van der Waals surface area contributed by atoms with Crippen molar-refractivity contribution in [2.75, 3.05) is 0 Å². The quantitative estimate of drug-likeness (QED) is 0.430. The Morgan fingerprint density at radius 2 is 1.48 bits per heavy atom. The number of thioether (sulfide) groups is 1. The van der Waals surface area contributed by atoms with E-state index < -0.39 is 16.1 Å². The average Bonchev–Trinajstić information content (AvgIpc) is 3.02. The van der Waals surface area contributed by atoms with Gasteiger partial charge in [-0.05, 0) is 53.9 Å². The molecule has 1 aliphatic rings. The Labute approximate surface area is 186 Å². The highest BCUT2D eigenvalue weighted by atomic mass is 32.2. The Balaban J connectivity index is 1.61. The van der Waals surface area contributed by atoms with Crippen LogP contribution in [0.4, 0.5) is 0 Å². The SMILES string of the molecule is Cc1cc(C)nc(S[C@H]2c3cccc4cccc(c34)[C@@H]2NS(=O)(=O)c2ccccc2)n1. The van der Waals surface area contributed by atoms with E-state index >= 15 is 0 Å². The molecule has 0 saturated carbocycles. The summed E-state index contributed by atoms with van der Waals surface area (Å²) in [7, 11) is -3.70. The molecule has 1 aliphatic carbocycles. The molecule has 5 nitrogen and oxygen atoms in total. The molecule has 7 heteroatoms. The molecule has 0 saturated heterocycles. The zero-order valence-electron chi connectivity index (χ0n) is 17.1. The third-order valence-corrected chi connectivity index (χ3v) is 8.07. The minimum atomic E-state index is -3.70. The minimum absolute atomic E-state index is 0.180. The predicted octanol–water partition coefficient (Wildman–Crippen LogP) is 5.11. The van der Waals surface area contributed by atoms with E-state index in [0.29, 0.717) is 5.16 Å². The molecule has 0 radical (unpaired) electrons. The molecule has 0 amide bonds. The van der Waals surface area contributed by atoms with Gasteiger partial charge in [-0.3, -0.25) is 0 Å². The van der Waals surface area contributed by atoms with Gasteiger partial charge in [0.2, 0.25) is 10.0 Å². The first-order valence-corrected chi connectivity index (χ1v) is 12.4. The second kappa shape index (κ2) is 7.75. The van der Waals surface area contributed by atoms with Crippen LogP contribution in [-0.4, -0.2) is 18.4 Å². The maximum Gasteiger partial charge on any atom is 0.241 e. The Bertz CT molecular complexity index is 1360. The summed E-state index contributed by atoms with van der Waals surface area (Å²) in [5, 5.41) is 2.67. The van der Waals surface area contributed by atoms with Crippen molar-refractivity contribution >= 4 is 32.6 Å². The van der Waals surface area contributed by atoms with E-state index in [1.54, 1.807) is 30.3 Å². The fourth-order valence-electron chi connectivity index (χ4n) is 4.19. The molecule has 31 heavy (non-hydrogen) atoms. The van der Waals surface area contributed by atoms with E-state index in [1.807, 2.05) is 38.1 Å². The van der Waals surface area contributed by atoms with Gasteiger partial charge in [-0.15, -0.1) is 0 Å². The normalized spacial score (nSPS) is 17.9. The molecule has 1 heterocycles. The highest BCUT2D eigenvalue weighted by molar-refractivity contribution is 7.99. The fraction of sp³-hybridized carbons (Fsp3) is 0.167. The molecule has 4 aromatic rings. The lowest BCUT2D eigenvalue weighted by atomic mass is 10.1. The van der Waals surface area contributed by atoms with Crippen LogP contribution in [-0.2, 0) is 10.0 Å². The standard InChI is InChI=1S/C24H21N3O2S2/c1-15-14-16(2)26-24(25-15)30-23-20-13-7-9-17-8-6-12-19(21(17)20)22(23)27-31(28,29)18-10-4-3-5-11-18/h3-14,22-23,27H,1-2H3/t22-,23-/m0/s1. The summed E-state index contributed by atoms with van der Waals surface area (Å²) in [5.74, 6) is 0. The highest BCUT2D eigenvalue weighted by Crippen LogP contribution is 2.52. The molecule has 0 spiro atoms. The van der Waals surface area contributed by atoms with Gasteiger partial charge in [0.05, 0.1) is 16.2 Å². The zero-order valence-corrected chi connectivity index (χ0v) is 18.7. The Morgan fingerprint density at radius 3 is 2.16 bits per heavy atom. The summed E-state index contributed by atoms with van der Waals surface area (Å²) in [6.07, 6.45) is 0. The van der Waals surface area contributed by atoms with Gasteiger partial charge in [-0.25, -0.2) is 23.1 Å². The van der Waals surface area contributed by atoms with E-state index in [1.165, 1.54) is 11.8 Å². The molecular weight excluding hydrogens is 426 g/mol. The molecule has 0 unspecified atom stereocenters. The van der Waals surface area contributed by atoms with Gasteiger partial charge >= 0.3 is 0 Å². The molecule has 0 aliphatic heterocycles. The minimum Gasteiger partial charge on any atom is -0.228 e. The summed E-state index contributed by atoms with van der Waals surface area (Å²) in [5.41, 5.74) is 3.87. The number of aryl methyl sites for hydroxylation is 2. The fourth-order valence-corrected chi connectivity index (χ4v) is 6.82. The van der Waals surface area contributed by atoms with Crippen molar-refractivity contribution in [3.05, 3.63) is 95.3 Å². The van der Waals surface area contributed by atoms with Crippen LogP contribution >= 0.6 is 11.8 Å². The number of rotatable bonds is 5. The smallest absolute Gasteiger partial charge is 0.228 e. The third kappa shape index (κ3) is 3.73. The van der Waals surface area contributed by atoms with Crippen LogP contribution in [0, 0.1) is 13.8 Å². The van der Waals surface area contributed by atoms with Gasteiger partial charge < -0.3 is 0 Å². The van der Waals surface area contributed by atoms with Crippen LogP contribution in [0.15, 0.2) is 82.8 Å². The molecule has 2 atom stereocenters. The number of nitrogens with zero attached hydrogens (tertiary/aromatic N) is 2. The predicted molar refractivity (Wildman–Crippen MR) is 124 cm³/mol. The summed E-state index contributed by atoms with van der Waals surface area (Å²) >= 11 is 1.50. The second-order valence-electron chi connectivity index (χ2n) is 7.68. The van der Waals surface area contributed by atoms with Gasteiger partial charge in [0.15, 0.2) is 5.16 Å². The number of hydrogen-bond donors (Lipinski definition) is 1. The summed E-state index contributed by atoms with van der Waals surface area (Å²) in [6.45, 7) is 3.89. The van der Waals surface area contributed by atoms with Crippen molar-refractivity contribution in [2.45, 2.75) is 35.2 Å². The summed E-state index contributed by atoms with van der Waals surface area (Å²) in [4.78, 5) is 9.43. The molecule has 5 rings (SSSR count). The molecular formula is C24H21N3O2S2. The molecule has 0 fully saturated rings. The zero-order chi connectivity index (χ0) is 21.6. The number of sulfonamides is 1. The second-order valence-corrected chi connectivity index (χ2v) is 10.5. The number of nitrogens with one attached hydrogen (secondary N) is 1. The van der Waals surface area contributed by atoms with Gasteiger partial charge in [0, 0.05) is 11.4 Å². The first-order valence-electron chi connectivity index (χ1n) is 10.0. The van der Waals surface area contributed by atoms with Gasteiger partial charge in [-0.2, -0.15) is 0 Å². The van der Waals surface area contributed by atoms with Crippen molar-refractivity contribution in [2.24, 2.45) is 0 Å². The van der Waals surface area contributed by atoms with Gasteiger partial charge in [0.25, 0.3) is 0 Å². The van der Waals surface area contributed by atoms with Crippen LogP contribution in [0.5, 0.6) is 0 Å². The lowest BCUT2D eigenvalue weighted by molar-refractivity contribution is 0.557. The molecule has 1 N–H and O–H groups in total. The van der Waals surface area contributed by atoms with E-state index in [2.05, 4.69) is 32.9 Å². The summed E-state index contributed by atoms with van der Waals surface area (Å²) < 4.78 is 29.4. The Hall–Kier alpha value is -2.74. The number of hydrogen-bond acceptors (Lipinski definition) is 5. The first kappa shape index (κ1) is 20.2. The maximum atomic E-state index is 13.2. The van der Waals surface area contributed by atoms with E-state index in [0.717, 1.165) is 33.3 Å². The average molecular weight is 448 g/mol. The van der Waals surface area contributed by atoms with Crippen molar-refractivity contribution in [3.8, 4) is 0 Å². The van der Waals surface area contributed by atoms with Crippen LogP contribution in [0.25, 0.3) is 10.8 Å². The maximum absolute atomic E-state index is 13.2. The van der Waals surface area contributed by atoms with Crippen molar-refractivity contribution in [1.29, 1.82) is 0 Å². The lowest BCUT2D eigenvalue weighted by Gasteiger charge is -2.22. The highest BCUT2D eigenvalue weighted by Gasteiger charge is 2.38. The molecule has 0 bridgehead atoms. The topological polar surface area (TPSA) is 72.0 Å². The third-order valence-electron chi connectivity index (χ3n) is 5.44. The molecule has 1 aromatic heterocycles. The Morgan fingerprint density at radius 1 is 0.839 bits per heavy atom. The first-order chi connectivity index (χ1) is 14.9. The van der Waals surface area contributed by atoms with Crippen LogP contribution in [0.3, 0.4) is 0 Å². The van der Waals surface area contributed by atoms with Crippen molar-refractivity contribution in [3.63, 3.8) is 0 Å². The monoisotopic (exact) mass is 447 g/mol. The number of benzene rings is 3. The van der Waals surface area contributed by atoms with Gasteiger partial charge in [-0.1, -0.05) is 66.4 Å². The van der Waals surface area contributed by atoms with Crippen molar-refractivity contribution in [1.82, 2.24) is 14.7 Å². The molecule has 156 valence electrons. The van der Waals surface area contributed by atoms with E-state index in [-0.39, 0.29) is 10.1 Å². The van der Waals surface area contributed by atoms with E-state index in [4.69, 9.17) is 0 Å². The van der Waals surface area contributed by atoms with Crippen LogP contribution < -0.4 is 4.72 Å². The lowest BCUT2D eigenvalue weighted by Crippen LogP contribution is -2.30. The largest absolute Gasteiger partial charge is 0.241 e.